The van der Waals surface area contributed by atoms with Crippen LogP contribution in [0.15, 0.2) is 12.1 Å². The minimum Gasteiger partial charge on any atom is -0.507 e. The van der Waals surface area contributed by atoms with Crippen LogP contribution < -0.4 is 0 Å². The molecule has 1 saturated heterocycles. The van der Waals surface area contributed by atoms with Crippen molar-refractivity contribution in [3.63, 3.8) is 0 Å². The van der Waals surface area contributed by atoms with Gasteiger partial charge in [0.2, 0.25) is 0 Å². The lowest BCUT2D eigenvalue weighted by atomic mass is 9.92. The van der Waals surface area contributed by atoms with E-state index in [-0.39, 0.29) is 0 Å². The predicted octanol–water partition coefficient (Wildman–Crippen LogP) is 2.84. The smallest absolute Gasteiger partial charge is 0.324 e. The number of aryl methyl sites for hydroxylation is 2. The van der Waals surface area contributed by atoms with E-state index < -0.39 is 11.5 Å². The summed E-state index contributed by atoms with van der Waals surface area (Å²) in [6.45, 7) is 7.14. The Morgan fingerprint density at radius 2 is 1.95 bits per heavy atom. The molecule has 1 aliphatic rings. The van der Waals surface area contributed by atoms with Crippen LogP contribution in [0, 0.1) is 13.8 Å². The van der Waals surface area contributed by atoms with Gasteiger partial charge in [-0.1, -0.05) is 19.1 Å². The minimum absolute atomic E-state index is 0.329. The number of carboxylic acid groups (broad SMARTS) is 1. The maximum atomic E-state index is 11.7. The van der Waals surface area contributed by atoms with Crippen LogP contribution in [-0.2, 0) is 11.3 Å². The summed E-state index contributed by atoms with van der Waals surface area (Å²) in [5.74, 6) is -0.389. The Labute approximate surface area is 120 Å². The molecule has 20 heavy (non-hydrogen) atoms. The van der Waals surface area contributed by atoms with E-state index in [1.165, 1.54) is 0 Å². The molecule has 0 radical (unpaired) electrons. The summed E-state index contributed by atoms with van der Waals surface area (Å²) in [6.07, 6.45) is 2.27. The summed E-state index contributed by atoms with van der Waals surface area (Å²) in [5, 5.41) is 19.4. The molecule has 110 valence electrons. The summed E-state index contributed by atoms with van der Waals surface area (Å²) in [7, 11) is 0. The van der Waals surface area contributed by atoms with Crippen LogP contribution in [-0.4, -0.2) is 33.2 Å². The summed E-state index contributed by atoms with van der Waals surface area (Å²) in [6, 6.07) is 3.89. The molecular formula is C16H23NO3. The molecule has 0 spiro atoms. The van der Waals surface area contributed by atoms with Gasteiger partial charge in [0.15, 0.2) is 0 Å². The number of phenolic OH excluding ortho intramolecular Hbond substituents is 1. The van der Waals surface area contributed by atoms with Crippen molar-refractivity contribution in [1.82, 2.24) is 4.90 Å². The van der Waals surface area contributed by atoms with Crippen LogP contribution in [0.1, 0.15) is 42.9 Å². The van der Waals surface area contributed by atoms with Gasteiger partial charge < -0.3 is 10.2 Å². The van der Waals surface area contributed by atoms with E-state index in [9.17, 15) is 15.0 Å². The van der Waals surface area contributed by atoms with Crippen LogP contribution in [0.2, 0.25) is 0 Å². The average Bonchev–Trinajstić information content (AvgIpc) is 2.80. The standard InChI is InChI=1S/C16H23NO3/c1-4-16(15(19)20)6-5-7-17(16)10-13-8-11(2)14(18)12(3)9-13/h8-9,18H,4-7,10H2,1-3H3,(H,19,20). The Morgan fingerprint density at radius 1 is 1.35 bits per heavy atom. The second-order valence-corrected chi connectivity index (χ2v) is 5.79. The van der Waals surface area contributed by atoms with Crippen molar-refractivity contribution in [1.29, 1.82) is 0 Å². The van der Waals surface area contributed by atoms with Gasteiger partial charge in [-0.25, -0.2) is 0 Å². The van der Waals surface area contributed by atoms with Crippen molar-refractivity contribution in [2.24, 2.45) is 0 Å². The Balaban J connectivity index is 2.27. The third kappa shape index (κ3) is 2.40. The molecular weight excluding hydrogens is 254 g/mol. The van der Waals surface area contributed by atoms with E-state index in [0.717, 1.165) is 36.1 Å². The lowest BCUT2D eigenvalue weighted by molar-refractivity contribution is -0.150. The predicted molar refractivity (Wildman–Crippen MR) is 77.9 cm³/mol. The van der Waals surface area contributed by atoms with Gasteiger partial charge in [-0.3, -0.25) is 9.69 Å². The number of aromatic hydroxyl groups is 1. The highest BCUT2D eigenvalue weighted by Crippen LogP contribution is 2.35. The molecule has 0 amide bonds. The molecule has 1 aliphatic heterocycles. The number of hydrogen-bond donors (Lipinski definition) is 2. The molecule has 0 saturated carbocycles. The van der Waals surface area contributed by atoms with Gasteiger partial charge >= 0.3 is 5.97 Å². The Bertz CT molecular complexity index is 503. The maximum Gasteiger partial charge on any atom is 0.324 e. The van der Waals surface area contributed by atoms with Gasteiger partial charge in [0.1, 0.15) is 11.3 Å². The van der Waals surface area contributed by atoms with E-state index in [1.54, 1.807) is 0 Å². The monoisotopic (exact) mass is 277 g/mol. The number of hydrogen-bond acceptors (Lipinski definition) is 3. The van der Waals surface area contributed by atoms with E-state index in [0.29, 0.717) is 18.7 Å². The molecule has 1 unspecified atom stereocenters. The fourth-order valence-electron chi connectivity index (χ4n) is 3.32. The Hall–Kier alpha value is -1.55. The first-order chi connectivity index (χ1) is 9.40. The topological polar surface area (TPSA) is 60.8 Å². The number of carbonyl (C=O) groups is 1. The number of carboxylic acids is 1. The summed E-state index contributed by atoms with van der Waals surface area (Å²) in [4.78, 5) is 13.7. The Kier molecular flexibility index (Phi) is 4.04. The van der Waals surface area contributed by atoms with Gasteiger partial charge in [-0.05, 0) is 56.3 Å². The van der Waals surface area contributed by atoms with Crippen molar-refractivity contribution in [3.8, 4) is 5.75 Å². The Morgan fingerprint density at radius 3 is 2.45 bits per heavy atom. The highest BCUT2D eigenvalue weighted by Gasteiger charge is 2.45. The molecule has 2 N–H and O–H groups in total. The largest absolute Gasteiger partial charge is 0.507 e. The lowest BCUT2D eigenvalue weighted by Crippen LogP contribution is -2.49. The molecule has 1 aromatic carbocycles. The number of rotatable bonds is 4. The van der Waals surface area contributed by atoms with Crippen LogP contribution in [0.25, 0.3) is 0 Å². The van der Waals surface area contributed by atoms with Crippen LogP contribution in [0.3, 0.4) is 0 Å². The first-order valence-corrected chi connectivity index (χ1v) is 7.18. The molecule has 4 nitrogen and oxygen atoms in total. The second-order valence-electron chi connectivity index (χ2n) is 5.79. The summed E-state index contributed by atoms with van der Waals surface area (Å²) >= 11 is 0. The number of phenols is 1. The van der Waals surface area contributed by atoms with E-state index in [4.69, 9.17) is 0 Å². The molecule has 2 rings (SSSR count). The van der Waals surface area contributed by atoms with Crippen molar-refractivity contribution in [2.75, 3.05) is 6.54 Å². The summed E-state index contributed by atoms with van der Waals surface area (Å²) < 4.78 is 0. The van der Waals surface area contributed by atoms with E-state index >= 15 is 0 Å². The van der Waals surface area contributed by atoms with Crippen molar-refractivity contribution >= 4 is 5.97 Å². The number of likely N-dealkylation sites (tertiary alicyclic amines) is 1. The van der Waals surface area contributed by atoms with Gasteiger partial charge in [-0.15, -0.1) is 0 Å². The molecule has 0 aliphatic carbocycles. The molecule has 1 fully saturated rings. The van der Waals surface area contributed by atoms with Crippen molar-refractivity contribution in [2.45, 2.75) is 52.1 Å². The van der Waals surface area contributed by atoms with Crippen molar-refractivity contribution in [3.05, 3.63) is 28.8 Å². The molecule has 1 atom stereocenters. The zero-order valence-corrected chi connectivity index (χ0v) is 12.4. The van der Waals surface area contributed by atoms with Crippen LogP contribution in [0.4, 0.5) is 0 Å². The van der Waals surface area contributed by atoms with E-state index in [2.05, 4.69) is 4.90 Å². The minimum atomic E-state index is -0.723. The van der Waals surface area contributed by atoms with Gasteiger partial charge in [0, 0.05) is 6.54 Å². The molecule has 1 aromatic rings. The molecule has 0 bridgehead atoms. The van der Waals surface area contributed by atoms with Crippen LogP contribution >= 0.6 is 0 Å². The number of nitrogens with zero attached hydrogens (tertiary/aromatic N) is 1. The zero-order chi connectivity index (χ0) is 14.9. The molecule has 0 aromatic heterocycles. The fourth-order valence-corrected chi connectivity index (χ4v) is 3.32. The molecule has 4 heteroatoms. The van der Waals surface area contributed by atoms with Gasteiger partial charge in [-0.2, -0.15) is 0 Å². The highest BCUT2D eigenvalue weighted by molar-refractivity contribution is 5.79. The normalized spacial score (nSPS) is 23.1. The number of benzene rings is 1. The van der Waals surface area contributed by atoms with Gasteiger partial charge in [0.05, 0.1) is 0 Å². The highest BCUT2D eigenvalue weighted by atomic mass is 16.4. The van der Waals surface area contributed by atoms with Gasteiger partial charge in [0.25, 0.3) is 0 Å². The summed E-state index contributed by atoms with van der Waals surface area (Å²) in [5.41, 5.74) is 2.03. The van der Waals surface area contributed by atoms with Crippen LogP contribution in [0.5, 0.6) is 5.75 Å². The fraction of sp³-hybridized carbons (Fsp3) is 0.562. The quantitative estimate of drug-likeness (QED) is 0.888. The third-order valence-electron chi connectivity index (χ3n) is 4.53. The average molecular weight is 277 g/mol. The third-order valence-corrected chi connectivity index (χ3v) is 4.53. The lowest BCUT2D eigenvalue weighted by Gasteiger charge is -2.34. The molecule has 1 heterocycles. The zero-order valence-electron chi connectivity index (χ0n) is 12.4. The first kappa shape index (κ1) is 14.9. The maximum absolute atomic E-state index is 11.7. The first-order valence-electron chi connectivity index (χ1n) is 7.18. The SMILES string of the molecule is CCC1(C(=O)O)CCCN1Cc1cc(C)c(O)c(C)c1. The van der Waals surface area contributed by atoms with Crippen molar-refractivity contribution < 1.29 is 15.0 Å². The second kappa shape index (κ2) is 5.44. The number of aliphatic carboxylic acids is 1. The van der Waals surface area contributed by atoms with E-state index in [1.807, 2.05) is 32.9 Å².